The van der Waals surface area contributed by atoms with Gasteiger partial charge in [-0.25, -0.2) is 0 Å². The molecule has 0 saturated carbocycles. The summed E-state index contributed by atoms with van der Waals surface area (Å²) in [5.41, 5.74) is 3.65. The average molecular weight is 350 g/mol. The minimum absolute atomic E-state index is 0.155. The van der Waals surface area contributed by atoms with Crippen molar-refractivity contribution >= 4 is 5.97 Å². The van der Waals surface area contributed by atoms with Gasteiger partial charge in [0.2, 0.25) is 5.88 Å². The zero-order chi connectivity index (χ0) is 18.1. The number of benzene rings is 2. The summed E-state index contributed by atoms with van der Waals surface area (Å²) in [5.74, 6) is 1.41. The molecule has 6 heteroatoms. The summed E-state index contributed by atoms with van der Waals surface area (Å²) in [5, 5.41) is 7.23. The highest BCUT2D eigenvalue weighted by atomic mass is 16.5. The normalized spacial score (nSPS) is 15.9. The standard InChI is InChI=1S/C20H18N2O4/c1-24-14-8-6-12(7-9-14)19-18-16(11-17(23)26-20(18)22-21-19)13-4-3-5-15(10-13)25-2/h3-10,16H,11H2,1-2H3,(H,21,22). The minimum atomic E-state index is -0.293. The van der Waals surface area contributed by atoms with E-state index < -0.39 is 0 Å². The summed E-state index contributed by atoms with van der Waals surface area (Å²) >= 11 is 0. The molecule has 2 aromatic carbocycles. The molecule has 1 aromatic heterocycles. The smallest absolute Gasteiger partial charge is 0.313 e. The van der Waals surface area contributed by atoms with Gasteiger partial charge >= 0.3 is 5.97 Å². The Bertz CT molecular complexity index is 947. The zero-order valence-electron chi connectivity index (χ0n) is 14.5. The van der Waals surface area contributed by atoms with E-state index in [1.54, 1.807) is 14.2 Å². The zero-order valence-corrected chi connectivity index (χ0v) is 14.5. The van der Waals surface area contributed by atoms with Gasteiger partial charge in [-0.05, 0) is 42.0 Å². The Labute approximate surface area is 150 Å². The molecule has 0 saturated heterocycles. The van der Waals surface area contributed by atoms with Crippen LogP contribution in [0.2, 0.25) is 0 Å². The number of nitrogens with one attached hydrogen (secondary N) is 1. The molecular weight excluding hydrogens is 332 g/mol. The van der Waals surface area contributed by atoms with Crippen LogP contribution in [0.25, 0.3) is 11.3 Å². The largest absolute Gasteiger partial charge is 0.497 e. The van der Waals surface area contributed by atoms with Crippen molar-refractivity contribution < 1.29 is 19.0 Å². The molecule has 26 heavy (non-hydrogen) atoms. The molecule has 1 atom stereocenters. The predicted molar refractivity (Wildman–Crippen MR) is 95.7 cm³/mol. The van der Waals surface area contributed by atoms with Crippen LogP contribution in [0.3, 0.4) is 0 Å². The predicted octanol–water partition coefficient (Wildman–Crippen LogP) is 3.53. The van der Waals surface area contributed by atoms with Crippen LogP contribution in [0, 0.1) is 0 Å². The molecule has 0 spiro atoms. The van der Waals surface area contributed by atoms with Crippen molar-refractivity contribution in [2.45, 2.75) is 12.3 Å². The Morgan fingerprint density at radius 2 is 1.85 bits per heavy atom. The Hall–Kier alpha value is -3.28. The lowest BCUT2D eigenvalue weighted by atomic mass is 9.85. The second kappa shape index (κ2) is 6.55. The number of aromatic nitrogens is 2. The highest BCUT2D eigenvalue weighted by molar-refractivity contribution is 5.80. The van der Waals surface area contributed by atoms with Crippen LogP contribution in [0.4, 0.5) is 0 Å². The molecule has 6 nitrogen and oxygen atoms in total. The fourth-order valence-corrected chi connectivity index (χ4v) is 3.27. The lowest BCUT2D eigenvalue weighted by Crippen LogP contribution is -2.20. The summed E-state index contributed by atoms with van der Waals surface area (Å²) in [7, 11) is 3.26. The Morgan fingerprint density at radius 1 is 1.08 bits per heavy atom. The van der Waals surface area contributed by atoms with Crippen molar-refractivity contribution in [2.24, 2.45) is 0 Å². The number of nitrogens with zero attached hydrogens (tertiary/aromatic N) is 1. The maximum absolute atomic E-state index is 12.1. The Balaban J connectivity index is 1.82. The summed E-state index contributed by atoms with van der Waals surface area (Å²) < 4.78 is 15.9. The summed E-state index contributed by atoms with van der Waals surface area (Å²) in [6.45, 7) is 0. The van der Waals surface area contributed by atoms with E-state index in [2.05, 4.69) is 10.2 Å². The summed E-state index contributed by atoms with van der Waals surface area (Å²) in [6.07, 6.45) is 0.253. The van der Waals surface area contributed by atoms with Crippen molar-refractivity contribution in [3.05, 3.63) is 59.7 Å². The van der Waals surface area contributed by atoms with Crippen molar-refractivity contribution in [3.8, 4) is 28.6 Å². The van der Waals surface area contributed by atoms with Crippen LogP contribution in [-0.2, 0) is 4.79 Å². The maximum Gasteiger partial charge on any atom is 0.313 e. The molecule has 2 heterocycles. The van der Waals surface area contributed by atoms with Gasteiger partial charge in [-0.1, -0.05) is 12.1 Å². The van der Waals surface area contributed by atoms with Crippen molar-refractivity contribution in [3.63, 3.8) is 0 Å². The van der Waals surface area contributed by atoms with Crippen LogP contribution < -0.4 is 14.2 Å². The molecule has 1 aliphatic heterocycles. The van der Waals surface area contributed by atoms with Gasteiger partial charge in [0.25, 0.3) is 0 Å². The van der Waals surface area contributed by atoms with Crippen LogP contribution in [0.15, 0.2) is 48.5 Å². The SMILES string of the molecule is COc1ccc(-c2[nH]nc3c2C(c2cccc(OC)c2)CC(=O)O3)cc1. The lowest BCUT2D eigenvalue weighted by molar-refractivity contribution is -0.135. The first-order chi connectivity index (χ1) is 12.7. The number of hydrogen-bond donors (Lipinski definition) is 1. The topological polar surface area (TPSA) is 73.4 Å². The molecule has 0 radical (unpaired) electrons. The van der Waals surface area contributed by atoms with Crippen molar-refractivity contribution in [1.29, 1.82) is 0 Å². The van der Waals surface area contributed by atoms with Gasteiger partial charge < -0.3 is 14.2 Å². The number of rotatable bonds is 4. The van der Waals surface area contributed by atoms with E-state index in [9.17, 15) is 4.79 Å². The van der Waals surface area contributed by atoms with Crippen LogP contribution in [-0.4, -0.2) is 30.4 Å². The Morgan fingerprint density at radius 3 is 2.58 bits per heavy atom. The van der Waals surface area contributed by atoms with E-state index in [4.69, 9.17) is 14.2 Å². The van der Waals surface area contributed by atoms with E-state index in [-0.39, 0.29) is 18.3 Å². The van der Waals surface area contributed by atoms with Gasteiger partial charge in [0.1, 0.15) is 11.5 Å². The molecule has 0 bridgehead atoms. The number of ether oxygens (including phenoxy) is 3. The number of carbonyl (C=O) groups is 1. The second-order valence-corrected chi connectivity index (χ2v) is 6.05. The van der Waals surface area contributed by atoms with Crippen molar-refractivity contribution in [1.82, 2.24) is 10.2 Å². The second-order valence-electron chi connectivity index (χ2n) is 6.05. The van der Waals surface area contributed by atoms with Crippen molar-refractivity contribution in [2.75, 3.05) is 14.2 Å². The first-order valence-electron chi connectivity index (χ1n) is 8.27. The van der Waals surface area contributed by atoms with E-state index in [0.29, 0.717) is 5.88 Å². The monoisotopic (exact) mass is 350 g/mol. The molecule has 1 aliphatic rings. The third kappa shape index (κ3) is 2.79. The fourth-order valence-electron chi connectivity index (χ4n) is 3.27. The number of hydrogen-bond acceptors (Lipinski definition) is 5. The fraction of sp³-hybridized carbons (Fsp3) is 0.200. The van der Waals surface area contributed by atoms with Gasteiger partial charge in [0.05, 0.1) is 31.9 Å². The number of aromatic amines is 1. The summed E-state index contributed by atoms with van der Waals surface area (Å²) in [4.78, 5) is 12.1. The first-order valence-corrected chi connectivity index (χ1v) is 8.27. The quantitative estimate of drug-likeness (QED) is 0.729. The number of H-pyrrole nitrogens is 1. The minimum Gasteiger partial charge on any atom is -0.497 e. The van der Waals surface area contributed by atoms with Gasteiger partial charge in [-0.15, -0.1) is 5.10 Å². The number of esters is 1. The molecule has 132 valence electrons. The number of fused-ring (bicyclic) bond motifs is 1. The molecule has 1 unspecified atom stereocenters. The maximum atomic E-state index is 12.1. The molecule has 3 aromatic rings. The number of carbonyl (C=O) groups excluding carboxylic acids is 1. The highest BCUT2D eigenvalue weighted by Crippen LogP contribution is 2.43. The third-order valence-electron chi connectivity index (χ3n) is 4.57. The molecule has 0 amide bonds. The molecule has 0 fully saturated rings. The summed E-state index contributed by atoms with van der Waals surface area (Å²) in [6, 6.07) is 15.4. The highest BCUT2D eigenvalue weighted by Gasteiger charge is 2.34. The van der Waals surface area contributed by atoms with Gasteiger partial charge in [-0.3, -0.25) is 9.89 Å². The van der Waals surface area contributed by atoms with Crippen LogP contribution in [0.1, 0.15) is 23.5 Å². The Kier molecular flexibility index (Phi) is 4.08. The van der Waals surface area contributed by atoms with Gasteiger partial charge in [-0.2, -0.15) is 0 Å². The average Bonchev–Trinajstić information content (AvgIpc) is 3.11. The van der Waals surface area contributed by atoms with E-state index >= 15 is 0 Å². The third-order valence-corrected chi connectivity index (χ3v) is 4.57. The van der Waals surface area contributed by atoms with Crippen LogP contribution in [0.5, 0.6) is 17.4 Å². The molecule has 4 rings (SSSR count). The number of methoxy groups -OCH3 is 2. The molecule has 1 N–H and O–H groups in total. The van der Waals surface area contributed by atoms with E-state index in [1.807, 2.05) is 48.5 Å². The van der Waals surface area contributed by atoms with E-state index in [0.717, 1.165) is 33.9 Å². The first kappa shape index (κ1) is 16.2. The molecule has 0 aliphatic carbocycles. The van der Waals surface area contributed by atoms with Gasteiger partial charge in [0, 0.05) is 11.5 Å². The lowest BCUT2D eigenvalue weighted by Gasteiger charge is -2.22. The van der Waals surface area contributed by atoms with Gasteiger partial charge in [0.15, 0.2) is 0 Å². The van der Waals surface area contributed by atoms with E-state index in [1.165, 1.54) is 0 Å². The molecular formula is C20H18N2O4. The van der Waals surface area contributed by atoms with Crippen LogP contribution >= 0.6 is 0 Å².